The molecule has 0 saturated carbocycles. The molecule has 36 valence electrons. The summed E-state index contributed by atoms with van der Waals surface area (Å²) in [4.78, 5) is 25.6. The van der Waals surface area contributed by atoms with Gasteiger partial charge in [0.25, 0.3) is 0 Å². The molecule has 0 heterocycles. The third kappa shape index (κ3) is 83.9. The molecule has 0 aliphatic rings. The van der Waals surface area contributed by atoms with Gasteiger partial charge in [-0.1, -0.05) is 0 Å². The maximum absolute atomic E-state index is 8.55. The van der Waals surface area contributed by atoms with Crippen LogP contribution in [-0.4, -0.2) is 0 Å². The molecule has 0 aromatic rings. The molecule has 0 amide bonds. The Bertz CT molecular complexity index is 57.8. The minimum Gasteiger partial charge on any atom is -0.822 e. The van der Waals surface area contributed by atoms with Crippen molar-refractivity contribution in [3.63, 3.8) is 0 Å². The summed E-state index contributed by atoms with van der Waals surface area (Å²) in [5, 5.41) is 0. The van der Waals surface area contributed by atoms with Gasteiger partial charge >= 0.3 is 49.3 Å². The van der Waals surface area contributed by atoms with Crippen LogP contribution in [0.2, 0.25) is 0 Å². The topological polar surface area (TPSA) is 86.2 Å². The van der Waals surface area contributed by atoms with Gasteiger partial charge < -0.3 is 19.2 Å². The smallest absolute Gasteiger partial charge is 0.822 e. The molecule has 0 aromatic heterocycles. The summed E-state index contributed by atoms with van der Waals surface area (Å²) in [6.45, 7) is 0. The zero-order chi connectivity index (χ0) is 4.50. The predicted octanol–water partition coefficient (Wildman–Crippen LogP) is -5.82. The molecule has 7 heavy (non-hydrogen) atoms. The van der Waals surface area contributed by atoms with Gasteiger partial charge in [0.05, 0.1) is 0 Å². The van der Waals surface area contributed by atoms with Crippen molar-refractivity contribution in [1.82, 2.24) is 0 Å². The van der Waals surface area contributed by atoms with E-state index < -0.39 is 7.82 Å². The van der Waals surface area contributed by atoms with Gasteiger partial charge in [0.2, 0.25) is 0 Å². The van der Waals surface area contributed by atoms with Crippen LogP contribution in [0.15, 0.2) is 0 Å². The monoisotopic (exact) mass is 310 g/mol. The first kappa shape index (κ1) is 15.9. The van der Waals surface area contributed by atoms with E-state index in [0.717, 1.165) is 0 Å². The summed E-state index contributed by atoms with van der Waals surface area (Å²) < 4.78 is 8.55. The Hall–Kier alpha value is 1.75. The first-order valence-electron chi connectivity index (χ1n) is 0.730. The fourth-order valence-electron chi connectivity index (χ4n) is 0. The van der Waals surface area contributed by atoms with Crippen LogP contribution in [0.4, 0.5) is 0 Å². The molecular formula is NaO4OsP+2. The van der Waals surface area contributed by atoms with Gasteiger partial charge in [-0.25, -0.2) is 0 Å². The second kappa shape index (κ2) is 5.88. The maximum Gasteiger partial charge on any atom is 4.00 e. The Morgan fingerprint density at radius 2 is 1.14 bits per heavy atom. The van der Waals surface area contributed by atoms with Crippen molar-refractivity contribution in [1.29, 1.82) is 0 Å². The molecule has 0 bridgehead atoms. The van der Waals surface area contributed by atoms with E-state index in [2.05, 4.69) is 0 Å². The molecule has 0 radical (unpaired) electrons. The van der Waals surface area contributed by atoms with Crippen LogP contribution in [0, 0.1) is 0 Å². The van der Waals surface area contributed by atoms with Crippen LogP contribution < -0.4 is 44.2 Å². The summed E-state index contributed by atoms with van der Waals surface area (Å²) in [7, 11) is -5.39. The van der Waals surface area contributed by atoms with Crippen molar-refractivity contribution in [3.05, 3.63) is 0 Å². The molecule has 0 unspecified atom stereocenters. The summed E-state index contributed by atoms with van der Waals surface area (Å²) in [5.74, 6) is 0. The summed E-state index contributed by atoms with van der Waals surface area (Å²) in [6.07, 6.45) is 0. The van der Waals surface area contributed by atoms with Crippen molar-refractivity contribution in [2.45, 2.75) is 0 Å². The fourth-order valence-corrected chi connectivity index (χ4v) is 0. The minimum absolute atomic E-state index is 0. The molecule has 0 aromatic carbocycles. The van der Waals surface area contributed by atoms with Gasteiger partial charge in [-0.05, 0) is 0 Å². The van der Waals surface area contributed by atoms with E-state index in [9.17, 15) is 0 Å². The first-order valence-corrected chi connectivity index (χ1v) is 2.19. The third-order valence-electron chi connectivity index (χ3n) is 0. The van der Waals surface area contributed by atoms with Crippen LogP contribution in [-0.2, 0) is 24.4 Å². The predicted molar refractivity (Wildman–Crippen MR) is 7.61 cm³/mol. The maximum atomic E-state index is 8.55. The molecule has 7 heteroatoms. The van der Waals surface area contributed by atoms with Crippen LogP contribution in [0.25, 0.3) is 0 Å². The molecule has 0 atom stereocenters. The molecule has 0 spiro atoms. The number of hydrogen-bond acceptors (Lipinski definition) is 4. The van der Waals surface area contributed by atoms with Gasteiger partial charge in [-0.3, -0.25) is 0 Å². The molecule has 0 rings (SSSR count). The van der Waals surface area contributed by atoms with Crippen molar-refractivity contribution >= 4 is 7.82 Å². The van der Waals surface area contributed by atoms with Crippen LogP contribution in [0.5, 0.6) is 0 Å². The zero-order valence-electron chi connectivity index (χ0n) is 3.43. The summed E-state index contributed by atoms with van der Waals surface area (Å²) in [5.41, 5.74) is 0. The van der Waals surface area contributed by atoms with Crippen LogP contribution in [0.3, 0.4) is 0 Å². The van der Waals surface area contributed by atoms with Crippen molar-refractivity contribution < 1.29 is 68.6 Å². The van der Waals surface area contributed by atoms with E-state index in [1.54, 1.807) is 0 Å². The largest absolute Gasteiger partial charge is 4.00 e. The second-order valence-corrected chi connectivity index (χ2v) is 1.34. The Labute approximate surface area is 75.9 Å². The molecule has 4 nitrogen and oxygen atoms in total. The Morgan fingerprint density at radius 3 is 1.14 bits per heavy atom. The van der Waals surface area contributed by atoms with Crippen LogP contribution in [0.1, 0.15) is 0 Å². The van der Waals surface area contributed by atoms with Crippen LogP contribution >= 0.6 is 7.82 Å². The van der Waals surface area contributed by atoms with E-state index in [-0.39, 0.29) is 49.3 Å². The molecule has 0 fully saturated rings. The summed E-state index contributed by atoms with van der Waals surface area (Å²) in [6, 6.07) is 0. The van der Waals surface area contributed by atoms with Gasteiger partial charge in [-0.2, -0.15) is 7.82 Å². The molecule has 0 N–H and O–H groups in total. The average molecular weight is 308 g/mol. The van der Waals surface area contributed by atoms with Gasteiger partial charge in [0.15, 0.2) is 0 Å². The van der Waals surface area contributed by atoms with E-state index in [1.165, 1.54) is 0 Å². The standard InChI is InChI=1S/Na.H3O4P.Os/c;1-5(2,3)4;/h;(H3,1,2,3,4);/q+1;;+4/p-3. The molecule has 0 aliphatic carbocycles. The van der Waals surface area contributed by atoms with Gasteiger partial charge in [0, 0.05) is 0 Å². The van der Waals surface area contributed by atoms with E-state index in [0.29, 0.717) is 0 Å². The third-order valence-corrected chi connectivity index (χ3v) is 0. The van der Waals surface area contributed by atoms with Crippen molar-refractivity contribution in [2.24, 2.45) is 0 Å². The quantitative estimate of drug-likeness (QED) is 0.329. The minimum atomic E-state index is -5.39. The van der Waals surface area contributed by atoms with E-state index in [4.69, 9.17) is 19.2 Å². The molecule has 0 saturated heterocycles. The number of phosphoric acid groups is 1. The van der Waals surface area contributed by atoms with E-state index >= 15 is 0 Å². The second-order valence-electron chi connectivity index (χ2n) is 0.447. The normalized spacial score (nSPS) is 8.43. The number of rotatable bonds is 0. The number of hydrogen-bond donors (Lipinski definition) is 0. The fraction of sp³-hybridized carbons (Fsp3) is 0. The average Bonchev–Trinajstić information content (AvgIpc) is 0.722. The Morgan fingerprint density at radius 1 is 1.14 bits per heavy atom. The van der Waals surface area contributed by atoms with Gasteiger partial charge in [-0.15, -0.1) is 0 Å². The Kier molecular flexibility index (Phi) is 13.3. The molecular weight excluding hydrogens is 308 g/mol. The first-order chi connectivity index (χ1) is 2.00. The van der Waals surface area contributed by atoms with Crippen molar-refractivity contribution in [2.75, 3.05) is 0 Å². The SMILES string of the molecule is O=P([O-])([O-])[O-].[Na+].[Os+4]. The Balaban J connectivity index is -0.0000000800. The van der Waals surface area contributed by atoms with Gasteiger partial charge in [0.1, 0.15) is 0 Å². The zero-order valence-corrected chi connectivity index (χ0v) is 8.87. The summed E-state index contributed by atoms with van der Waals surface area (Å²) >= 11 is 0. The van der Waals surface area contributed by atoms with E-state index in [1.807, 2.05) is 0 Å². The van der Waals surface area contributed by atoms with Crippen molar-refractivity contribution in [3.8, 4) is 0 Å². The molecule has 0 aliphatic heterocycles.